The molecule has 5 rings (SSSR count). The monoisotopic (exact) mass is 421 g/mol. The van der Waals surface area contributed by atoms with E-state index in [4.69, 9.17) is 5.10 Å². The summed E-state index contributed by atoms with van der Waals surface area (Å²) in [6, 6.07) is 7.26. The van der Waals surface area contributed by atoms with E-state index in [0.717, 1.165) is 41.2 Å². The molecule has 0 saturated carbocycles. The minimum Gasteiger partial charge on any atom is -0.352 e. The largest absolute Gasteiger partial charge is 0.352 e. The second kappa shape index (κ2) is 7.33. The van der Waals surface area contributed by atoms with Crippen LogP contribution in [0.25, 0.3) is 16.6 Å². The zero-order valence-electron chi connectivity index (χ0n) is 17.8. The van der Waals surface area contributed by atoms with E-state index in [9.17, 15) is 9.18 Å². The van der Waals surface area contributed by atoms with Gasteiger partial charge in [0.25, 0.3) is 0 Å². The topological polar surface area (TPSA) is 71.6 Å². The van der Waals surface area contributed by atoms with Crippen molar-refractivity contribution in [3.05, 3.63) is 53.7 Å². The molecule has 0 aliphatic carbocycles. The van der Waals surface area contributed by atoms with Crippen LogP contribution in [0.2, 0.25) is 0 Å². The van der Waals surface area contributed by atoms with E-state index in [2.05, 4.69) is 15.0 Å². The fourth-order valence-electron chi connectivity index (χ4n) is 4.28. The van der Waals surface area contributed by atoms with Crippen LogP contribution in [0.1, 0.15) is 31.0 Å². The molecule has 160 valence electrons. The molecule has 4 aromatic rings. The predicted octanol–water partition coefficient (Wildman–Crippen LogP) is 2.58. The Hall–Kier alpha value is -3.49. The van der Waals surface area contributed by atoms with Crippen molar-refractivity contribution in [2.45, 2.75) is 19.8 Å². The second-order valence-electron chi connectivity index (χ2n) is 8.06. The van der Waals surface area contributed by atoms with Gasteiger partial charge in [0.2, 0.25) is 5.91 Å². The number of benzene rings is 1. The van der Waals surface area contributed by atoms with Crippen LogP contribution in [0.15, 0.2) is 36.7 Å². The minimum absolute atomic E-state index is 0.0985. The van der Waals surface area contributed by atoms with E-state index < -0.39 is 0 Å². The number of halogens is 1. The summed E-state index contributed by atoms with van der Waals surface area (Å²) < 4.78 is 18.4. The number of piperazine rings is 1. The van der Waals surface area contributed by atoms with Crippen LogP contribution in [0, 0.1) is 5.82 Å². The first-order valence-corrected chi connectivity index (χ1v) is 10.4. The van der Waals surface area contributed by atoms with Crippen molar-refractivity contribution in [2.24, 2.45) is 7.05 Å². The number of hydrogen-bond acceptors (Lipinski definition) is 5. The summed E-state index contributed by atoms with van der Waals surface area (Å²) >= 11 is 0. The SMILES string of the molecule is CC(=O)N1CCN(c2ccc3ncc([C@@H](C)c4cc5cnn(C)c5cc4F)n3n2)CC1. The van der Waals surface area contributed by atoms with Gasteiger partial charge in [0.15, 0.2) is 5.65 Å². The van der Waals surface area contributed by atoms with Crippen molar-refractivity contribution in [3.63, 3.8) is 0 Å². The van der Waals surface area contributed by atoms with Gasteiger partial charge in [0, 0.05) is 57.5 Å². The van der Waals surface area contributed by atoms with Crippen LogP contribution in [-0.4, -0.2) is 61.4 Å². The standard InChI is InChI=1S/C22H24FN7O/c1-14(17-10-16-12-25-27(3)19(16)11-18(17)23)20-13-24-21-4-5-22(26-30(20)21)29-8-6-28(7-9-29)15(2)31/h4-5,10-14H,6-9H2,1-3H3/t14-/m0/s1. The smallest absolute Gasteiger partial charge is 0.219 e. The van der Waals surface area contributed by atoms with Gasteiger partial charge in [0.1, 0.15) is 11.6 Å². The van der Waals surface area contributed by atoms with E-state index in [1.807, 2.05) is 30.0 Å². The molecule has 0 unspecified atom stereocenters. The van der Waals surface area contributed by atoms with Crippen LogP contribution in [0.3, 0.4) is 0 Å². The summed E-state index contributed by atoms with van der Waals surface area (Å²) in [5, 5.41) is 9.93. The lowest BCUT2D eigenvalue weighted by atomic mass is 9.96. The van der Waals surface area contributed by atoms with E-state index in [1.165, 1.54) is 6.07 Å². The number of rotatable bonds is 3. The van der Waals surface area contributed by atoms with Gasteiger partial charge in [-0.2, -0.15) is 5.10 Å². The summed E-state index contributed by atoms with van der Waals surface area (Å²) in [4.78, 5) is 20.1. The number of fused-ring (bicyclic) bond motifs is 2. The Balaban J connectivity index is 1.49. The van der Waals surface area contributed by atoms with Crippen molar-refractivity contribution >= 4 is 28.3 Å². The molecule has 1 aromatic carbocycles. The molecule has 1 saturated heterocycles. The van der Waals surface area contributed by atoms with E-state index in [0.29, 0.717) is 18.7 Å². The fraction of sp³-hybridized carbons (Fsp3) is 0.364. The summed E-state index contributed by atoms with van der Waals surface area (Å²) in [5.41, 5.74) is 2.89. The molecule has 4 heterocycles. The molecule has 1 aliphatic rings. The Morgan fingerprint density at radius 1 is 1.13 bits per heavy atom. The van der Waals surface area contributed by atoms with E-state index >= 15 is 0 Å². The Morgan fingerprint density at radius 2 is 1.90 bits per heavy atom. The lowest BCUT2D eigenvalue weighted by molar-refractivity contribution is -0.129. The molecule has 8 nitrogen and oxygen atoms in total. The molecule has 1 amide bonds. The number of aromatic nitrogens is 5. The third-order valence-electron chi connectivity index (χ3n) is 6.20. The normalized spacial score (nSPS) is 15.7. The lowest BCUT2D eigenvalue weighted by Gasteiger charge is -2.34. The van der Waals surface area contributed by atoms with Crippen molar-refractivity contribution in [2.75, 3.05) is 31.1 Å². The zero-order chi connectivity index (χ0) is 21.7. The summed E-state index contributed by atoms with van der Waals surface area (Å²) in [6.45, 7) is 6.37. The maximum Gasteiger partial charge on any atom is 0.219 e. The molecule has 1 aliphatic heterocycles. The highest BCUT2D eigenvalue weighted by Crippen LogP contribution is 2.30. The van der Waals surface area contributed by atoms with Crippen LogP contribution >= 0.6 is 0 Å². The number of amides is 1. The van der Waals surface area contributed by atoms with Crippen LogP contribution in [-0.2, 0) is 11.8 Å². The van der Waals surface area contributed by atoms with Gasteiger partial charge in [-0.05, 0) is 23.8 Å². The quantitative estimate of drug-likeness (QED) is 0.509. The molecular weight excluding hydrogens is 397 g/mol. The van der Waals surface area contributed by atoms with Gasteiger partial charge in [-0.3, -0.25) is 9.48 Å². The van der Waals surface area contributed by atoms with Gasteiger partial charge >= 0.3 is 0 Å². The first-order valence-electron chi connectivity index (χ1n) is 10.4. The van der Waals surface area contributed by atoms with Crippen LogP contribution < -0.4 is 4.90 Å². The summed E-state index contributed by atoms with van der Waals surface area (Å²) in [5.74, 6) is 0.415. The number of carbonyl (C=O) groups excluding carboxylic acids is 1. The minimum atomic E-state index is -0.268. The summed E-state index contributed by atoms with van der Waals surface area (Å²) in [7, 11) is 1.80. The molecule has 0 radical (unpaired) electrons. The summed E-state index contributed by atoms with van der Waals surface area (Å²) in [6.07, 6.45) is 3.51. The van der Waals surface area contributed by atoms with Gasteiger partial charge in [-0.15, -0.1) is 5.10 Å². The number of carbonyl (C=O) groups is 1. The molecular formula is C22H24FN7O. The average Bonchev–Trinajstić information content (AvgIpc) is 3.36. The Labute approximate surface area is 178 Å². The second-order valence-corrected chi connectivity index (χ2v) is 8.06. The maximum atomic E-state index is 15.0. The Bertz CT molecular complexity index is 1290. The molecule has 31 heavy (non-hydrogen) atoms. The van der Waals surface area contributed by atoms with Crippen LogP contribution in [0.4, 0.5) is 10.2 Å². The van der Waals surface area contributed by atoms with Crippen molar-refractivity contribution < 1.29 is 9.18 Å². The van der Waals surface area contributed by atoms with Gasteiger partial charge in [-0.1, -0.05) is 6.92 Å². The molecule has 1 fully saturated rings. The predicted molar refractivity (Wildman–Crippen MR) is 116 cm³/mol. The van der Waals surface area contributed by atoms with Crippen molar-refractivity contribution in [1.82, 2.24) is 29.3 Å². The molecule has 0 bridgehead atoms. The van der Waals surface area contributed by atoms with Gasteiger partial charge in [-0.25, -0.2) is 13.9 Å². The number of nitrogens with zero attached hydrogens (tertiary/aromatic N) is 7. The average molecular weight is 421 g/mol. The number of hydrogen-bond donors (Lipinski definition) is 0. The molecule has 3 aromatic heterocycles. The first kappa shape index (κ1) is 19.5. The highest BCUT2D eigenvalue weighted by Gasteiger charge is 2.22. The Kier molecular flexibility index (Phi) is 4.60. The number of anilines is 1. The first-order chi connectivity index (χ1) is 14.9. The third-order valence-corrected chi connectivity index (χ3v) is 6.20. The molecule has 1 atom stereocenters. The van der Waals surface area contributed by atoms with Crippen molar-refractivity contribution in [3.8, 4) is 0 Å². The highest BCUT2D eigenvalue weighted by atomic mass is 19.1. The molecule has 9 heteroatoms. The third kappa shape index (κ3) is 3.30. The van der Waals surface area contributed by atoms with Crippen molar-refractivity contribution in [1.29, 1.82) is 0 Å². The van der Waals surface area contributed by atoms with Gasteiger partial charge < -0.3 is 9.80 Å². The maximum absolute atomic E-state index is 15.0. The van der Waals surface area contributed by atoms with Crippen LogP contribution in [0.5, 0.6) is 0 Å². The van der Waals surface area contributed by atoms with E-state index in [1.54, 1.807) is 35.6 Å². The number of imidazole rings is 1. The Morgan fingerprint density at radius 3 is 2.65 bits per heavy atom. The fourth-order valence-corrected chi connectivity index (χ4v) is 4.28. The van der Waals surface area contributed by atoms with E-state index in [-0.39, 0.29) is 17.6 Å². The molecule has 0 spiro atoms. The number of aryl methyl sites for hydroxylation is 1. The zero-order valence-corrected chi connectivity index (χ0v) is 17.8. The highest BCUT2D eigenvalue weighted by molar-refractivity contribution is 5.79. The van der Waals surface area contributed by atoms with Gasteiger partial charge in [0.05, 0.1) is 23.6 Å². The lowest BCUT2D eigenvalue weighted by Crippen LogP contribution is -2.48. The molecule has 0 N–H and O–H groups in total.